The smallest absolute Gasteiger partial charge is 0.416 e. The summed E-state index contributed by atoms with van der Waals surface area (Å²) in [6.07, 6.45) is -1.45. The van der Waals surface area contributed by atoms with Crippen LogP contribution >= 0.6 is 23.4 Å². The molecule has 0 fully saturated rings. The van der Waals surface area contributed by atoms with Crippen LogP contribution in [0.4, 0.5) is 13.2 Å². The Morgan fingerprint density at radius 3 is 2.23 bits per heavy atom. The highest BCUT2D eigenvalue weighted by molar-refractivity contribution is 7.99. The van der Waals surface area contributed by atoms with Gasteiger partial charge in [-0.15, -0.1) is 6.58 Å². The number of hydrogen-bond donors (Lipinski definition) is 0. The second-order valence-corrected chi connectivity index (χ2v) is 12.0. The van der Waals surface area contributed by atoms with E-state index < -0.39 is 22.8 Å². The van der Waals surface area contributed by atoms with Crippen molar-refractivity contribution in [3.8, 4) is 0 Å². The Bertz CT molecular complexity index is 1260. The Morgan fingerprint density at radius 2 is 1.65 bits per heavy atom. The van der Waals surface area contributed by atoms with Gasteiger partial charge in [0.25, 0.3) is 0 Å². The maximum absolute atomic E-state index is 13.1. The van der Waals surface area contributed by atoms with Gasteiger partial charge in [0.15, 0.2) is 0 Å². The van der Waals surface area contributed by atoms with Gasteiger partial charge < -0.3 is 9.47 Å². The van der Waals surface area contributed by atoms with Crippen LogP contribution < -0.4 is 0 Å². The molecule has 0 amide bonds. The summed E-state index contributed by atoms with van der Waals surface area (Å²) < 4.78 is 51.6. The van der Waals surface area contributed by atoms with Crippen molar-refractivity contribution in [2.75, 3.05) is 13.2 Å². The van der Waals surface area contributed by atoms with Crippen molar-refractivity contribution in [1.82, 2.24) is 0 Å². The van der Waals surface area contributed by atoms with Crippen LogP contribution in [0.1, 0.15) is 71.4 Å². The van der Waals surface area contributed by atoms with Crippen molar-refractivity contribution in [1.29, 1.82) is 0 Å². The molecule has 0 saturated heterocycles. The Morgan fingerprint density at radius 1 is 1.00 bits per heavy atom. The summed E-state index contributed by atoms with van der Waals surface area (Å²) in [5.74, 6) is 1.15. The van der Waals surface area contributed by atoms with E-state index in [1.165, 1.54) is 17.8 Å². The fourth-order valence-electron chi connectivity index (χ4n) is 4.92. The first-order valence-electron chi connectivity index (χ1n) is 13.5. The number of hydrogen-bond acceptors (Lipinski definition) is 5. The standard InChI is InChI=1S/C31H38ClF3N2O2S/c1-8-16-29(7)27(38-9-2)37-30(20(4)5,28(36-29)39-10-3)19-21(6)25-15-14-24(18-26(25)32)40-23-13-11-12-22(17-23)31(33,34)35/h8,11-15,17-18,20-21H,1,9-10,16,19H2,2-7H3/t21?,29-,30+/m1/s1. The minimum absolute atomic E-state index is 0.0384. The van der Waals surface area contributed by atoms with Gasteiger partial charge in [0.2, 0.25) is 11.8 Å². The van der Waals surface area contributed by atoms with Gasteiger partial charge in [0, 0.05) is 14.8 Å². The molecule has 9 heteroatoms. The van der Waals surface area contributed by atoms with Crippen molar-refractivity contribution >= 4 is 35.2 Å². The van der Waals surface area contributed by atoms with Crippen LogP contribution in [-0.2, 0) is 15.7 Å². The first kappa shape index (κ1) is 32.1. The van der Waals surface area contributed by atoms with Crippen LogP contribution in [0.3, 0.4) is 0 Å². The average molecular weight is 595 g/mol. The van der Waals surface area contributed by atoms with Crippen molar-refractivity contribution in [3.05, 3.63) is 71.3 Å². The minimum Gasteiger partial charge on any atom is -0.480 e. The maximum atomic E-state index is 13.1. The van der Waals surface area contributed by atoms with E-state index in [-0.39, 0.29) is 11.8 Å². The molecule has 40 heavy (non-hydrogen) atoms. The van der Waals surface area contributed by atoms with Crippen LogP contribution in [0.5, 0.6) is 0 Å². The molecular formula is C31H38ClF3N2O2S. The number of aliphatic imine (C=N–C) groups is 2. The molecule has 0 aliphatic carbocycles. The summed E-state index contributed by atoms with van der Waals surface area (Å²) in [7, 11) is 0. The summed E-state index contributed by atoms with van der Waals surface area (Å²) >= 11 is 8.01. The number of benzene rings is 2. The molecule has 2 aromatic rings. The zero-order valence-corrected chi connectivity index (χ0v) is 25.5. The van der Waals surface area contributed by atoms with Gasteiger partial charge in [-0.1, -0.05) is 62.3 Å². The predicted octanol–water partition coefficient (Wildman–Crippen LogP) is 9.62. The molecule has 0 bridgehead atoms. The minimum atomic E-state index is -4.39. The highest BCUT2D eigenvalue weighted by atomic mass is 35.5. The molecule has 1 unspecified atom stereocenters. The third kappa shape index (κ3) is 7.06. The molecule has 0 saturated carbocycles. The molecule has 1 aliphatic heterocycles. The monoisotopic (exact) mass is 594 g/mol. The summed E-state index contributed by atoms with van der Waals surface area (Å²) in [5, 5.41) is 0.541. The lowest BCUT2D eigenvalue weighted by atomic mass is 9.75. The van der Waals surface area contributed by atoms with E-state index in [4.69, 9.17) is 31.1 Å². The van der Waals surface area contributed by atoms with E-state index in [1.807, 2.05) is 39.0 Å². The van der Waals surface area contributed by atoms with Crippen molar-refractivity contribution in [3.63, 3.8) is 0 Å². The Kier molecular flexibility index (Phi) is 10.4. The predicted molar refractivity (Wildman–Crippen MR) is 159 cm³/mol. The molecule has 0 radical (unpaired) electrons. The zero-order valence-electron chi connectivity index (χ0n) is 23.9. The van der Waals surface area contributed by atoms with E-state index >= 15 is 0 Å². The molecule has 218 valence electrons. The first-order valence-corrected chi connectivity index (χ1v) is 14.7. The molecule has 0 aromatic heterocycles. The number of nitrogens with zero attached hydrogens (tertiary/aromatic N) is 2. The van der Waals surface area contributed by atoms with E-state index in [0.717, 1.165) is 22.6 Å². The van der Waals surface area contributed by atoms with Gasteiger partial charge in [-0.25, -0.2) is 9.98 Å². The number of ether oxygens (including phenoxy) is 2. The van der Waals surface area contributed by atoms with E-state index in [2.05, 4.69) is 27.4 Å². The number of rotatable bonds is 10. The van der Waals surface area contributed by atoms with Gasteiger partial charge in [0.1, 0.15) is 11.1 Å². The fraction of sp³-hybridized carbons (Fsp3) is 0.484. The Labute approximate surface area is 245 Å². The van der Waals surface area contributed by atoms with Crippen LogP contribution in [0.2, 0.25) is 5.02 Å². The lowest BCUT2D eigenvalue weighted by molar-refractivity contribution is -0.137. The van der Waals surface area contributed by atoms with Gasteiger partial charge in [0.05, 0.1) is 18.8 Å². The third-order valence-electron chi connectivity index (χ3n) is 7.06. The topological polar surface area (TPSA) is 43.2 Å². The molecule has 0 spiro atoms. The molecule has 2 aromatic carbocycles. The highest BCUT2D eigenvalue weighted by Crippen LogP contribution is 2.43. The van der Waals surface area contributed by atoms with Gasteiger partial charge in [-0.3, -0.25) is 0 Å². The summed E-state index contributed by atoms with van der Waals surface area (Å²) in [6, 6.07) is 10.9. The summed E-state index contributed by atoms with van der Waals surface area (Å²) in [4.78, 5) is 11.5. The summed E-state index contributed by atoms with van der Waals surface area (Å²) in [6.45, 7) is 16.9. The van der Waals surface area contributed by atoms with Crippen molar-refractivity contribution in [2.45, 2.75) is 87.3 Å². The lowest BCUT2D eigenvalue weighted by Crippen LogP contribution is -2.53. The molecule has 1 heterocycles. The Hall–Kier alpha value is -2.45. The number of alkyl halides is 3. The van der Waals surface area contributed by atoms with Crippen LogP contribution in [0.25, 0.3) is 0 Å². The average Bonchev–Trinajstić information content (AvgIpc) is 2.86. The molecule has 1 aliphatic rings. The second kappa shape index (κ2) is 13.0. The Balaban J connectivity index is 1.95. The molecule has 3 atom stereocenters. The molecule has 4 nitrogen and oxygen atoms in total. The van der Waals surface area contributed by atoms with Crippen molar-refractivity contribution in [2.24, 2.45) is 15.9 Å². The number of halogens is 4. The van der Waals surface area contributed by atoms with Crippen LogP contribution in [-0.4, -0.2) is 36.1 Å². The van der Waals surface area contributed by atoms with Crippen molar-refractivity contribution < 1.29 is 22.6 Å². The fourth-order valence-corrected chi connectivity index (χ4v) is 6.26. The third-order valence-corrected chi connectivity index (χ3v) is 8.36. The maximum Gasteiger partial charge on any atom is 0.416 e. The van der Waals surface area contributed by atoms with Gasteiger partial charge >= 0.3 is 6.18 Å². The molecular weight excluding hydrogens is 557 g/mol. The van der Waals surface area contributed by atoms with Gasteiger partial charge in [-0.2, -0.15) is 13.2 Å². The van der Waals surface area contributed by atoms with E-state index in [0.29, 0.717) is 47.8 Å². The van der Waals surface area contributed by atoms with Gasteiger partial charge in [-0.05, 0) is 81.3 Å². The van der Waals surface area contributed by atoms with Crippen LogP contribution in [0.15, 0.2) is 74.9 Å². The summed E-state index contributed by atoms with van der Waals surface area (Å²) in [5.41, 5.74) is -1.24. The lowest BCUT2D eigenvalue weighted by Gasteiger charge is -2.43. The van der Waals surface area contributed by atoms with Crippen LogP contribution in [0, 0.1) is 5.92 Å². The molecule has 3 rings (SSSR count). The SMILES string of the molecule is C=CC[C@@]1(C)N=C(OCC)[C@](CC(C)c2ccc(Sc3cccc(C(F)(F)F)c3)cc2Cl)(C(C)C)N=C1OCC. The first-order chi connectivity index (χ1) is 18.8. The second-order valence-electron chi connectivity index (χ2n) is 10.5. The largest absolute Gasteiger partial charge is 0.480 e. The van der Waals surface area contributed by atoms with E-state index in [1.54, 1.807) is 12.1 Å². The highest BCUT2D eigenvalue weighted by Gasteiger charge is 2.50. The quantitative estimate of drug-likeness (QED) is 0.257. The zero-order chi connectivity index (χ0) is 29.7. The normalized spacial score (nSPS) is 22.0. The van der Waals surface area contributed by atoms with E-state index in [9.17, 15) is 13.2 Å². The molecule has 0 N–H and O–H groups in total.